The first-order chi connectivity index (χ1) is 8.70. The van der Waals surface area contributed by atoms with Crippen LogP contribution in [0.25, 0.3) is 0 Å². The van der Waals surface area contributed by atoms with Crippen molar-refractivity contribution in [2.45, 2.75) is 25.5 Å². The van der Waals surface area contributed by atoms with E-state index in [0.29, 0.717) is 12.0 Å². The highest BCUT2D eigenvalue weighted by atomic mass is 16.3. The van der Waals surface area contributed by atoms with Crippen molar-refractivity contribution in [3.63, 3.8) is 0 Å². The van der Waals surface area contributed by atoms with Gasteiger partial charge in [0.2, 0.25) is 0 Å². The van der Waals surface area contributed by atoms with Crippen molar-refractivity contribution < 1.29 is 10.4 Å². The van der Waals surface area contributed by atoms with Crippen LogP contribution in [0, 0.1) is 13.0 Å². The van der Waals surface area contributed by atoms with Gasteiger partial charge in [-0.05, 0) is 6.42 Å². The summed E-state index contributed by atoms with van der Waals surface area (Å²) in [5.74, 6) is 0.523. The molecule has 0 spiro atoms. The summed E-state index contributed by atoms with van der Waals surface area (Å²) < 4.78 is 0. The Morgan fingerprint density at radius 2 is 2.17 bits per heavy atom. The van der Waals surface area contributed by atoms with E-state index in [1.807, 2.05) is 11.4 Å². The molecule has 0 amide bonds. The number of rotatable bonds is 5. The van der Waals surface area contributed by atoms with E-state index in [1.54, 1.807) is 0 Å². The lowest BCUT2D eigenvalue weighted by molar-refractivity contribution is -0.648. The average molecular weight is 248 g/mol. The normalized spacial score (nSPS) is 24.1. The summed E-state index contributed by atoms with van der Waals surface area (Å²) in [6.45, 7) is 5.14. The van der Waals surface area contributed by atoms with Gasteiger partial charge < -0.3 is 15.3 Å². The van der Waals surface area contributed by atoms with Crippen LogP contribution in [0.4, 0.5) is 0 Å². The summed E-state index contributed by atoms with van der Waals surface area (Å²) in [6.07, 6.45) is 0.785. The molecular weight excluding hydrogens is 224 g/mol. The highest BCUT2D eigenvalue weighted by Crippen LogP contribution is 2.20. The van der Waals surface area contributed by atoms with E-state index in [4.69, 9.17) is 0 Å². The quantitative estimate of drug-likeness (QED) is 0.756. The summed E-state index contributed by atoms with van der Waals surface area (Å²) in [6, 6.07) is 10.9. The van der Waals surface area contributed by atoms with Crippen LogP contribution < -0.4 is 5.32 Å². The molecule has 3 atom stereocenters. The van der Waals surface area contributed by atoms with Gasteiger partial charge in [0.15, 0.2) is 0 Å². The zero-order chi connectivity index (χ0) is 13.0. The van der Waals surface area contributed by atoms with Crippen molar-refractivity contribution in [3.8, 4) is 0 Å². The Hall–Kier alpha value is -0.900. The Bertz CT molecular complexity index is 355. The molecule has 1 aromatic rings. The fraction of sp³-hybridized carbons (Fsp3) is 0.533. The van der Waals surface area contributed by atoms with E-state index >= 15 is 0 Å². The highest BCUT2D eigenvalue weighted by molar-refractivity contribution is 5.17. The molecule has 2 rings (SSSR count). The zero-order valence-electron chi connectivity index (χ0n) is 11.1. The maximum Gasteiger partial charge on any atom is 0.0914 e. The minimum Gasteiger partial charge on any atom is -0.472 e. The van der Waals surface area contributed by atoms with Crippen LogP contribution in [-0.2, 0) is 0 Å². The van der Waals surface area contributed by atoms with Gasteiger partial charge in [0.05, 0.1) is 12.1 Å². The second-order valence-corrected chi connectivity index (χ2v) is 5.35. The van der Waals surface area contributed by atoms with E-state index in [1.165, 1.54) is 5.56 Å². The van der Waals surface area contributed by atoms with E-state index in [2.05, 4.69) is 43.1 Å². The Kier molecular flexibility index (Phi) is 4.75. The third-order valence-corrected chi connectivity index (χ3v) is 3.85. The van der Waals surface area contributed by atoms with Crippen LogP contribution in [0.15, 0.2) is 30.3 Å². The van der Waals surface area contributed by atoms with Crippen LogP contribution in [0.2, 0.25) is 0 Å². The number of nitrogens with two attached hydrogens (primary N) is 1. The number of hydrogen-bond donors (Lipinski definition) is 2. The van der Waals surface area contributed by atoms with Crippen molar-refractivity contribution in [1.29, 1.82) is 0 Å². The van der Waals surface area contributed by atoms with Crippen LogP contribution in [-0.4, -0.2) is 35.7 Å². The Morgan fingerprint density at radius 3 is 2.72 bits per heavy atom. The van der Waals surface area contributed by atoms with Gasteiger partial charge in [-0.3, -0.25) is 0 Å². The predicted octanol–water partition coefficient (Wildman–Crippen LogP) is 0.785. The molecular formula is C15H24N2O. The van der Waals surface area contributed by atoms with E-state index in [-0.39, 0.29) is 6.10 Å². The first kappa shape index (κ1) is 13.5. The zero-order valence-corrected chi connectivity index (χ0v) is 11.1. The summed E-state index contributed by atoms with van der Waals surface area (Å²) >= 11 is 0. The summed E-state index contributed by atoms with van der Waals surface area (Å²) in [5, 5.41) is 11.6. The first-order valence-corrected chi connectivity index (χ1v) is 6.78. The smallest absolute Gasteiger partial charge is 0.0914 e. The third kappa shape index (κ3) is 3.31. The standard InChI is InChI=1S/C15H24N2O/c1-12(10-17-9-8-14(18)11-17)15(16-2)13-6-4-3-5-7-13/h3-7,12,14-15,18H,2,8-11,16H2,1H3/t12-,14-,15+/m0/s1. The van der Waals surface area contributed by atoms with Crippen LogP contribution in [0.5, 0.6) is 0 Å². The number of benzene rings is 1. The van der Waals surface area contributed by atoms with Crippen molar-refractivity contribution >= 4 is 0 Å². The van der Waals surface area contributed by atoms with Gasteiger partial charge in [0.25, 0.3) is 0 Å². The lowest BCUT2D eigenvalue weighted by atomic mass is 9.94. The molecule has 1 aromatic carbocycles. The molecule has 3 N–H and O–H groups in total. The minimum atomic E-state index is -0.129. The molecule has 1 fully saturated rings. The van der Waals surface area contributed by atoms with Gasteiger partial charge >= 0.3 is 0 Å². The Morgan fingerprint density at radius 1 is 1.44 bits per heavy atom. The largest absolute Gasteiger partial charge is 0.472 e. The lowest BCUT2D eigenvalue weighted by Gasteiger charge is -2.27. The Labute approximate surface area is 110 Å². The molecule has 0 radical (unpaired) electrons. The van der Waals surface area contributed by atoms with Gasteiger partial charge in [0, 0.05) is 31.1 Å². The van der Waals surface area contributed by atoms with Crippen LogP contribution >= 0.6 is 0 Å². The number of hydrogen-bond acceptors (Lipinski definition) is 2. The van der Waals surface area contributed by atoms with Crippen molar-refractivity contribution in [3.05, 3.63) is 42.9 Å². The van der Waals surface area contributed by atoms with Crippen LogP contribution in [0.3, 0.4) is 0 Å². The number of aliphatic hydroxyl groups excluding tert-OH is 1. The monoisotopic (exact) mass is 248 g/mol. The Balaban J connectivity index is 1.95. The molecule has 0 aromatic heterocycles. The lowest BCUT2D eigenvalue weighted by Crippen LogP contribution is -2.80. The maximum absolute atomic E-state index is 9.56. The number of aliphatic hydroxyl groups is 1. The SMILES string of the molecule is [CH2-][NH2+][C@@H](c1ccccc1)[C@@H](C)CN1CC[C@H](O)C1. The van der Waals surface area contributed by atoms with Crippen molar-refractivity contribution in [2.24, 2.45) is 5.92 Å². The number of nitrogens with zero attached hydrogens (tertiary/aromatic N) is 1. The van der Waals surface area contributed by atoms with Gasteiger partial charge in [-0.2, -0.15) is 7.05 Å². The van der Waals surface area contributed by atoms with Gasteiger partial charge in [-0.15, -0.1) is 0 Å². The molecule has 1 saturated heterocycles. The molecule has 0 aliphatic carbocycles. The first-order valence-electron chi connectivity index (χ1n) is 6.78. The highest BCUT2D eigenvalue weighted by Gasteiger charge is 2.26. The third-order valence-electron chi connectivity index (χ3n) is 3.85. The number of likely N-dealkylation sites (tertiary alicyclic amines) is 1. The molecule has 0 saturated carbocycles. The molecule has 3 heteroatoms. The predicted molar refractivity (Wildman–Crippen MR) is 72.7 cm³/mol. The molecule has 1 aliphatic heterocycles. The second kappa shape index (κ2) is 6.32. The second-order valence-electron chi connectivity index (χ2n) is 5.35. The van der Waals surface area contributed by atoms with E-state index in [9.17, 15) is 5.11 Å². The molecule has 3 nitrogen and oxygen atoms in total. The molecule has 100 valence electrons. The van der Waals surface area contributed by atoms with Gasteiger partial charge in [-0.1, -0.05) is 37.3 Å². The molecule has 0 unspecified atom stereocenters. The fourth-order valence-corrected chi connectivity index (χ4v) is 2.87. The average Bonchev–Trinajstić information content (AvgIpc) is 2.77. The number of β-amino-alcohol motifs (C(OH)–C–C–N with tert-alkyl or cyclic N) is 1. The molecule has 18 heavy (non-hydrogen) atoms. The minimum absolute atomic E-state index is 0.129. The molecule has 1 aliphatic rings. The van der Waals surface area contributed by atoms with Gasteiger partial charge in [0.1, 0.15) is 0 Å². The fourth-order valence-electron chi connectivity index (χ4n) is 2.87. The summed E-state index contributed by atoms with van der Waals surface area (Å²) in [7, 11) is 3.98. The molecule has 0 bridgehead atoms. The number of quaternary nitrogens is 1. The van der Waals surface area contributed by atoms with E-state index < -0.39 is 0 Å². The maximum atomic E-state index is 9.56. The van der Waals surface area contributed by atoms with Crippen LogP contribution in [0.1, 0.15) is 24.9 Å². The van der Waals surface area contributed by atoms with Crippen molar-refractivity contribution in [1.82, 2.24) is 4.90 Å². The van der Waals surface area contributed by atoms with Crippen molar-refractivity contribution in [2.75, 3.05) is 19.6 Å². The van der Waals surface area contributed by atoms with Gasteiger partial charge in [-0.25, -0.2) is 0 Å². The summed E-state index contributed by atoms with van der Waals surface area (Å²) in [5.41, 5.74) is 1.33. The topological polar surface area (TPSA) is 40.1 Å². The molecule has 1 heterocycles. The summed E-state index contributed by atoms with van der Waals surface area (Å²) in [4.78, 5) is 2.36. The van der Waals surface area contributed by atoms with E-state index in [0.717, 1.165) is 26.1 Å².